The number of ether oxygens (including phenoxy) is 1. The Labute approximate surface area is 121 Å². The van der Waals surface area contributed by atoms with Crippen LogP contribution in [0.15, 0.2) is 36.4 Å². The van der Waals surface area contributed by atoms with Crippen molar-refractivity contribution >= 4 is 29.2 Å². The lowest BCUT2D eigenvalue weighted by atomic mass is 10.2. The zero-order chi connectivity index (χ0) is 13.8. The Balaban J connectivity index is 2.05. The van der Waals surface area contributed by atoms with Crippen molar-refractivity contribution in [3.8, 4) is 0 Å². The molecule has 0 amide bonds. The normalized spacial score (nSPS) is 10.3. The maximum Gasteiger partial charge on any atom is 0.338 e. The fourth-order valence-electron chi connectivity index (χ4n) is 1.60. The first-order chi connectivity index (χ1) is 9.04. The summed E-state index contributed by atoms with van der Waals surface area (Å²) in [6.45, 7) is 1.93. The van der Waals surface area contributed by atoms with Gasteiger partial charge in [0.15, 0.2) is 0 Å². The van der Waals surface area contributed by atoms with Crippen LogP contribution in [0.1, 0.15) is 21.6 Å². The standard InChI is InChI=1S/C14H11Cl2NO2/c1-9-5-11(7-13(16)17-9)14(18)19-8-10-3-2-4-12(15)6-10/h2-7H,8H2,1H3. The highest BCUT2D eigenvalue weighted by molar-refractivity contribution is 6.30. The van der Waals surface area contributed by atoms with Crippen LogP contribution < -0.4 is 0 Å². The molecule has 0 bridgehead atoms. The van der Waals surface area contributed by atoms with Crippen LogP contribution in [0.3, 0.4) is 0 Å². The molecule has 1 heterocycles. The van der Waals surface area contributed by atoms with Crippen LogP contribution in [0.2, 0.25) is 10.2 Å². The monoisotopic (exact) mass is 295 g/mol. The molecule has 98 valence electrons. The Hall–Kier alpha value is -1.58. The van der Waals surface area contributed by atoms with Gasteiger partial charge < -0.3 is 4.74 Å². The van der Waals surface area contributed by atoms with Gasteiger partial charge in [0, 0.05) is 10.7 Å². The van der Waals surface area contributed by atoms with Gasteiger partial charge in [-0.15, -0.1) is 0 Å². The van der Waals surface area contributed by atoms with Crippen LogP contribution in [0, 0.1) is 6.92 Å². The van der Waals surface area contributed by atoms with E-state index in [0.717, 1.165) is 5.56 Å². The van der Waals surface area contributed by atoms with Gasteiger partial charge in [0.2, 0.25) is 0 Å². The topological polar surface area (TPSA) is 39.2 Å². The summed E-state index contributed by atoms with van der Waals surface area (Å²) in [5, 5.41) is 0.881. The number of carbonyl (C=O) groups is 1. The molecule has 0 N–H and O–H groups in total. The van der Waals surface area contributed by atoms with Gasteiger partial charge in [-0.1, -0.05) is 35.3 Å². The quantitative estimate of drug-likeness (QED) is 0.633. The first kappa shape index (κ1) is 13.8. The van der Waals surface area contributed by atoms with Gasteiger partial charge in [-0.05, 0) is 36.8 Å². The van der Waals surface area contributed by atoms with Crippen LogP contribution in [-0.4, -0.2) is 11.0 Å². The van der Waals surface area contributed by atoms with Crippen molar-refractivity contribution < 1.29 is 9.53 Å². The summed E-state index contributed by atoms with van der Waals surface area (Å²) in [7, 11) is 0. The number of aromatic nitrogens is 1. The van der Waals surface area contributed by atoms with Crippen LogP contribution in [0.4, 0.5) is 0 Å². The second kappa shape index (κ2) is 6.04. The molecule has 0 spiro atoms. The highest BCUT2D eigenvalue weighted by Crippen LogP contribution is 2.14. The molecule has 0 atom stereocenters. The van der Waals surface area contributed by atoms with E-state index in [1.54, 1.807) is 31.2 Å². The van der Waals surface area contributed by atoms with E-state index in [4.69, 9.17) is 27.9 Å². The van der Waals surface area contributed by atoms with Crippen molar-refractivity contribution in [1.29, 1.82) is 0 Å². The molecule has 0 radical (unpaired) electrons. The van der Waals surface area contributed by atoms with E-state index >= 15 is 0 Å². The van der Waals surface area contributed by atoms with Crippen LogP contribution in [0.5, 0.6) is 0 Å². The molecular formula is C14H11Cl2NO2. The van der Waals surface area contributed by atoms with Crippen molar-refractivity contribution in [2.75, 3.05) is 0 Å². The van der Waals surface area contributed by atoms with Crippen molar-refractivity contribution in [2.45, 2.75) is 13.5 Å². The zero-order valence-electron chi connectivity index (χ0n) is 10.2. The third-order valence-electron chi connectivity index (χ3n) is 2.42. The Morgan fingerprint density at radius 3 is 2.74 bits per heavy atom. The largest absolute Gasteiger partial charge is 0.457 e. The number of hydrogen-bond acceptors (Lipinski definition) is 3. The minimum atomic E-state index is -0.438. The molecule has 0 saturated carbocycles. The molecule has 2 rings (SSSR count). The van der Waals surface area contributed by atoms with Gasteiger partial charge in [-0.2, -0.15) is 0 Å². The van der Waals surface area contributed by atoms with Gasteiger partial charge in [-0.25, -0.2) is 9.78 Å². The summed E-state index contributed by atoms with van der Waals surface area (Å²) in [6.07, 6.45) is 0. The molecule has 1 aromatic carbocycles. The van der Waals surface area contributed by atoms with Gasteiger partial charge in [0.1, 0.15) is 11.8 Å². The number of carbonyl (C=O) groups excluding carboxylic acids is 1. The molecule has 0 aliphatic heterocycles. The van der Waals surface area contributed by atoms with Gasteiger partial charge in [0.25, 0.3) is 0 Å². The van der Waals surface area contributed by atoms with E-state index in [2.05, 4.69) is 4.98 Å². The van der Waals surface area contributed by atoms with E-state index in [1.165, 1.54) is 6.07 Å². The fourth-order valence-corrected chi connectivity index (χ4v) is 2.07. The number of pyridine rings is 1. The average Bonchev–Trinajstić information content (AvgIpc) is 2.35. The third-order valence-corrected chi connectivity index (χ3v) is 2.85. The lowest BCUT2D eigenvalue weighted by Gasteiger charge is -2.06. The van der Waals surface area contributed by atoms with Crippen molar-refractivity contribution in [3.63, 3.8) is 0 Å². The molecule has 2 aromatic rings. The van der Waals surface area contributed by atoms with Crippen LogP contribution in [-0.2, 0) is 11.3 Å². The molecule has 0 aliphatic rings. The fraction of sp³-hybridized carbons (Fsp3) is 0.143. The van der Waals surface area contributed by atoms with E-state index in [9.17, 15) is 4.79 Å². The number of nitrogens with zero attached hydrogens (tertiary/aromatic N) is 1. The Morgan fingerprint density at radius 1 is 1.26 bits per heavy atom. The smallest absolute Gasteiger partial charge is 0.338 e. The second-order valence-electron chi connectivity index (χ2n) is 4.03. The maximum absolute atomic E-state index is 11.9. The van der Waals surface area contributed by atoms with Gasteiger partial charge >= 0.3 is 5.97 Å². The van der Waals surface area contributed by atoms with Crippen molar-refractivity contribution in [3.05, 3.63) is 63.4 Å². The number of aryl methyl sites for hydroxylation is 1. The SMILES string of the molecule is Cc1cc(C(=O)OCc2cccc(Cl)c2)cc(Cl)n1. The minimum absolute atomic E-state index is 0.165. The lowest BCUT2D eigenvalue weighted by molar-refractivity contribution is 0.0472. The summed E-state index contributed by atoms with van der Waals surface area (Å²) in [5.74, 6) is -0.438. The number of halogens is 2. The summed E-state index contributed by atoms with van der Waals surface area (Å²) in [4.78, 5) is 15.9. The Kier molecular flexibility index (Phi) is 4.40. The molecule has 0 aliphatic carbocycles. The molecule has 0 saturated heterocycles. The van der Waals surface area contributed by atoms with E-state index in [1.807, 2.05) is 6.07 Å². The summed E-state index contributed by atoms with van der Waals surface area (Å²) in [6, 6.07) is 10.3. The summed E-state index contributed by atoms with van der Waals surface area (Å²) in [5.41, 5.74) is 1.89. The van der Waals surface area contributed by atoms with Crippen LogP contribution >= 0.6 is 23.2 Å². The van der Waals surface area contributed by atoms with Gasteiger partial charge in [-0.3, -0.25) is 0 Å². The van der Waals surface area contributed by atoms with Crippen molar-refractivity contribution in [2.24, 2.45) is 0 Å². The number of esters is 1. The first-order valence-electron chi connectivity index (χ1n) is 5.60. The third kappa shape index (κ3) is 3.94. The van der Waals surface area contributed by atoms with Crippen LogP contribution in [0.25, 0.3) is 0 Å². The van der Waals surface area contributed by atoms with Gasteiger partial charge in [0.05, 0.1) is 5.56 Å². The lowest BCUT2D eigenvalue weighted by Crippen LogP contribution is -2.06. The van der Waals surface area contributed by atoms with E-state index < -0.39 is 5.97 Å². The number of benzene rings is 1. The Bertz CT molecular complexity index is 594. The molecule has 19 heavy (non-hydrogen) atoms. The second-order valence-corrected chi connectivity index (χ2v) is 4.85. The summed E-state index contributed by atoms with van der Waals surface area (Å²) < 4.78 is 5.20. The minimum Gasteiger partial charge on any atom is -0.457 e. The summed E-state index contributed by atoms with van der Waals surface area (Å²) >= 11 is 11.6. The number of rotatable bonds is 3. The van der Waals surface area contributed by atoms with Crippen molar-refractivity contribution in [1.82, 2.24) is 4.98 Å². The first-order valence-corrected chi connectivity index (χ1v) is 6.36. The molecule has 0 unspecified atom stereocenters. The van der Waals surface area contributed by atoms with E-state index in [0.29, 0.717) is 16.3 Å². The molecule has 5 heteroatoms. The molecule has 3 nitrogen and oxygen atoms in total. The highest BCUT2D eigenvalue weighted by Gasteiger charge is 2.09. The molecule has 1 aromatic heterocycles. The highest BCUT2D eigenvalue weighted by atomic mass is 35.5. The molecule has 0 fully saturated rings. The zero-order valence-corrected chi connectivity index (χ0v) is 11.7. The predicted molar refractivity (Wildman–Crippen MR) is 74.6 cm³/mol. The average molecular weight is 296 g/mol. The predicted octanol–water partition coefficient (Wildman–Crippen LogP) is 4.05. The Morgan fingerprint density at radius 2 is 2.05 bits per heavy atom. The molecular weight excluding hydrogens is 285 g/mol. The van der Waals surface area contributed by atoms with E-state index in [-0.39, 0.29) is 11.8 Å². The number of hydrogen-bond donors (Lipinski definition) is 0. The maximum atomic E-state index is 11.9.